The number of primary amides is 2. The molecule has 422 valence electrons. The standard InChI is InChI=1S/C41H72N4O8.C4H9NS.C3H8.C2H6.2CH3NO.CH2O/c1-11-29(4)39(45(8)38(49)25-36(28(2)3)44(6)7)37(52-9)24-33(13-12-20-42-27-48)40(53-10)30(5)34(26-47)23-31-14-16-35(17-15-31)43-21-18-32(19-22-46)41(50)51;1-5-6-4-2-3-4;1-3-2;1-2;2*2-1-3;1-2/h14-17,26-30,32-34,36-37,39-40,43,46H,11-13,18-25H2,1-10H3,(H,42,48)(H,50,51);4-5H,2-3H2,1H3;3H2,1-2H3;1-2H3;2*1H,(H2,2,3);1H2. The van der Waals surface area contributed by atoms with Crippen molar-refractivity contribution in [3.05, 3.63) is 29.8 Å². The van der Waals surface area contributed by atoms with Crippen molar-refractivity contribution < 1.29 is 53.2 Å². The number of nitrogens with one attached hydrogen (secondary N) is 3. The van der Waals surface area contributed by atoms with Gasteiger partial charge >= 0.3 is 5.97 Å². The number of benzene rings is 1. The monoisotopic (exact) mass is 1050 g/mol. The molecule has 9 N–H and O–H groups in total. The third-order valence-electron chi connectivity index (χ3n) is 12.1. The van der Waals surface area contributed by atoms with Crippen molar-refractivity contribution in [2.45, 2.75) is 162 Å². The summed E-state index contributed by atoms with van der Waals surface area (Å²) in [5.41, 5.74) is 10.2. The molecule has 1 saturated carbocycles. The Hall–Kier alpha value is -4.14. The summed E-state index contributed by atoms with van der Waals surface area (Å²) in [5.74, 6) is -1.45. The predicted octanol–water partition coefficient (Wildman–Crippen LogP) is 6.45. The van der Waals surface area contributed by atoms with E-state index < -0.39 is 11.9 Å². The molecule has 0 radical (unpaired) electrons. The zero-order valence-electron chi connectivity index (χ0n) is 47.1. The van der Waals surface area contributed by atoms with Crippen molar-refractivity contribution >= 4 is 61.8 Å². The highest BCUT2D eigenvalue weighted by atomic mass is 32.2. The van der Waals surface area contributed by atoms with Crippen LogP contribution in [0.4, 0.5) is 5.69 Å². The average Bonchev–Trinajstić information content (AvgIpc) is 4.19. The number of rotatable bonds is 32. The number of carboxylic acid groups (broad SMARTS) is 1. The Morgan fingerprint density at radius 1 is 0.903 bits per heavy atom. The number of hydrogen-bond acceptors (Lipinski definition) is 14. The highest BCUT2D eigenvalue weighted by Crippen LogP contribution is 2.34. The number of aldehydes is 1. The third-order valence-corrected chi connectivity index (χ3v) is 13.1. The second-order valence-electron chi connectivity index (χ2n) is 17.9. The summed E-state index contributed by atoms with van der Waals surface area (Å²) in [5, 5.41) is 25.5. The number of aliphatic hydroxyl groups is 1. The molecule has 2 rings (SSSR count). The molecular weight excluding hydrogens is 943 g/mol. The minimum atomic E-state index is -0.912. The van der Waals surface area contributed by atoms with Crippen molar-refractivity contribution in [1.29, 1.82) is 0 Å². The van der Waals surface area contributed by atoms with Gasteiger partial charge in [-0.3, -0.25) is 28.7 Å². The number of ether oxygens (including phenoxy) is 2. The lowest BCUT2D eigenvalue weighted by atomic mass is 9.76. The van der Waals surface area contributed by atoms with Crippen molar-refractivity contribution in [3.8, 4) is 0 Å². The maximum absolute atomic E-state index is 13.8. The van der Waals surface area contributed by atoms with Crippen LogP contribution in [-0.4, -0.2) is 156 Å². The van der Waals surface area contributed by atoms with Gasteiger partial charge in [0.2, 0.25) is 25.1 Å². The molecule has 0 bridgehead atoms. The highest BCUT2D eigenvalue weighted by molar-refractivity contribution is 7.98. The minimum absolute atomic E-state index is 0.0249. The molecule has 18 nitrogen and oxygen atoms in total. The van der Waals surface area contributed by atoms with Crippen LogP contribution in [-0.2, 0) is 49.5 Å². The van der Waals surface area contributed by atoms with E-state index in [2.05, 4.69) is 80.2 Å². The number of carbonyl (C=O) groups excluding carboxylic acids is 6. The minimum Gasteiger partial charge on any atom is -0.481 e. The van der Waals surface area contributed by atoms with E-state index in [4.69, 9.17) is 29.0 Å². The van der Waals surface area contributed by atoms with Gasteiger partial charge in [-0.2, -0.15) is 0 Å². The quantitative estimate of drug-likeness (QED) is 0.0232. The molecule has 1 fully saturated rings. The molecule has 1 aromatic rings. The Morgan fingerprint density at radius 3 is 1.82 bits per heavy atom. The van der Waals surface area contributed by atoms with Crippen LogP contribution in [0.3, 0.4) is 0 Å². The molecule has 9 atom stereocenters. The van der Waals surface area contributed by atoms with Crippen molar-refractivity contribution in [2.75, 3.05) is 67.4 Å². The molecule has 19 heteroatoms. The summed E-state index contributed by atoms with van der Waals surface area (Å²) in [6.07, 6.45) is 10.2. The van der Waals surface area contributed by atoms with E-state index in [1.807, 2.05) is 89.9 Å². The second kappa shape index (κ2) is 51.7. The fraction of sp³-hybridized carbons (Fsp3) is 0.755. The maximum Gasteiger partial charge on any atom is 0.306 e. The zero-order valence-corrected chi connectivity index (χ0v) is 47.9. The SMILES string of the molecule is C=O.CC.CCC.CCC(C)C(C(CC(CCCNC=O)C(OC)C(C)C(C=O)Cc1ccc(NCCC(CCO)C(=O)O)cc1)OC)N(C)C(=O)CC(C(C)C)N(C)C.CNSC1CC1.NC=O.NC=O. The number of aliphatic hydroxyl groups excluding tert-OH is 1. The van der Waals surface area contributed by atoms with E-state index in [0.717, 1.165) is 42.0 Å². The van der Waals surface area contributed by atoms with E-state index in [-0.39, 0.29) is 79.7 Å². The Morgan fingerprint density at radius 2 is 1.44 bits per heavy atom. The molecule has 4 amide bonds. The first-order valence-electron chi connectivity index (χ1n) is 25.6. The topological polar surface area (TPSA) is 273 Å². The first-order chi connectivity index (χ1) is 34.4. The zero-order chi connectivity index (χ0) is 56.6. The van der Waals surface area contributed by atoms with Gasteiger partial charge in [0.25, 0.3) is 0 Å². The normalized spacial score (nSPS) is 14.9. The summed E-state index contributed by atoms with van der Waals surface area (Å²) < 4.78 is 15.5. The number of methoxy groups -OCH3 is 2. The van der Waals surface area contributed by atoms with Gasteiger partial charge in [0, 0.05) is 70.3 Å². The van der Waals surface area contributed by atoms with Gasteiger partial charge in [-0.25, -0.2) is 0 Å². The first-order valence-corrected chi connectivity index (χ1v) is 26.4. The van der Waals surface area contributed by atoms with Crippen LogP contribution >= 0.6 is 11.9 Å². The molecule has 1 aliphatic carbocycles. The fourth-order valence-electron chi connectivity index (χ4n) is 8.12. The first kappa shape index (κ1) is 76.8. The van der Waals surface area contributed by atoms with Crippen molar-refractivity contribution in [3.63, 3.8) is 0 Å². The van der Waals surface area contributed by atoms with Gasteiger partial charge in [-0.05, 0) is 114 Å². The number of carbonyl (C=O) groups is 7. The molecule has 0 saturated heterocycles. The number of nitrogens with zero attached hydrogens (tertiary/aromatic N) is 2. The van der Waals surface area contributed by atoms with E-state index >= 15 is 0 Å². The molecule has 9 unspecified atom stereocenters. The van der Waals surface area contributed by atoms with Gasteiger partial charge in [0.05, 0.1) is 24.2 Å². The number of hydrogen-bond donors (Lipinski definition) is 7. The van der Waals surface area contributed by atoms with Crippen LogP contribution < -0.4 is 26.8 Å². The largest absolute Gasteiger partial charge is 0.481 e. The summed E-state index contributed by atoms with van der Waals surface area (Å²) in [4.78, 5) is 78.1. The van der Waals surface area contributed by atoms with Gasteiger partial charge < -0.3 is 61.2 Å². The summed E-state index contributed by atoms with van der Waals surface area (Å²) in [6.45, 7) is 21.7. The Kier molecular flexibility index (Phi) is 55.2. The van der Waals surface area contributed by atoms with Crippen LogP contribution in [0.2, 0.25) is 0 Å². The van der Waals surface area contributed by atoms with Gasteiger partial charge in [0.1, 0.15) is 13.1 Å². The lowest BCUT2D eigenvalue weighted by Gasteiger charge is -2.42. The summed E-state index contributed by atoms with van der Waals surface area (Å²) in [7, 11) is 11.3. The lowest BCUT2D eigenvalue weighted by molar-refractivity contribution is -0.142. The number of anilines is 1. The van der Waals surface area contributed by atoms with E-state index in [1.165, 1.54) is 19.3 Å². The second-order valence-corrected chi connectivity index (χ2v) is 19.2. The lowest BCUT2D eigenvalue weighted by Crippen LogP contribution is -2.52. The third kappa shape index (κ3) is 36.7. The molecular formula is C53H103N7O11S. The average molecular weight is 1050 g/mol. The Labute approximate surface area is 440 Å². The molecule has 1 aromatic carbocycles. The van der Waals surface area contributed by atoms with Crippen LogP contribution in [0.15, 0.2) is 24.3 Å². The Bertz CT molecular complexity index is 1430. The number of carboxylic acids is 1. The molecule has 72 heavy (non-hydrogen) atoms. The van der Waals surface area contributed by atoms with E-state index in [0.29, 0.717) is 51.1 Å². The predicted molar refractivity (Wildman–Crippen MR) is 295 cm³/mol. The molecule has 0 aromatic heterocycles. The number of aliphatic carboxylic acids is 1. The fourth-order valence-corrected chi connectivity index (χ4v) is 8.82. The van der Waals surface area contributed by atoms with Crippen LogP contribution in [0.1, 0.15) is 132 Å². The van der Waals surface area contributed by atoms with Crippen molar-refractivity contribution in [2.24, 2.45) is 47.0 Å². The van der Waals surface area contributed by atoms with Gasteiger partial charge in [-0.15, -0.1) is 0 Å². The molecule has 1 aliphatic rings. The maximum atomic E-state index is 13.8. The van der Waals surface area contributed by atoms with Gasteiger partial charge in [-0.1, -0.05) is 99.2 Å². The smallest absolute Gasteiger partial charge is 0.306 e. The van der Waals surface area contributed by atoms with Crippen LogP contribution in [0.5, 0.6) is 0 Å². The molecule has 0 aliphatic heterocycles. The van der Waals surface area contributed by atoms with Gasteiger partial charge in [0.15, 0.2) is 0 Å². The van der Waals surface area contributed by atoms with E-state index in [1.54, 1.807) is 14.2 Å². The number of nitrogens with two attached hydrogens (primary N) is 2. The number of likely N-dealkylation sites (N-methyl/N-ethyl adjacent to an activating group) is 1. The summed E-state index contributed by atoms with van der Waals surface area (Å²) in [6, 6.07) is 7.75. The number of amides is 4. The highest BCUT2D eigenvalue weighted by Gasteiger charge is 2.39. The van der Waals surface area contributed by atoms with E-state index in [9.17, 15) is 24.3 Å². The summed E-state index contributed by atoms with van der Waals surface area (Å²) >= 11 is 1.85. The van der Waals surface area contributed by atoms with Crippen LogP contribution in [0.25, 0.3) is 0 Å². The molecule has 0 spiro atoms. The van der Waals surface area contributed by atoms with Crippen molar-refractivity contribution in [1.82, 2.24) is 19.8 Å². The molecule has 0 heterocycles. The Balaban J connectivity index is -0.000000669. The van der Waals surface area contributed by atoms with Crippen LogP contribution in [0, 0.1) is 35.5 Å².